The topological polar surface area (TPSA) is 67.4 Å². The molecule has 0 bridgehead atoms. The number of ether oxygens (including phenoxy) is 1. The van der Waals surface area contributed by atoms with E-state index in [2.05, 4.69) is 10.6 Å². The van der Waals surface area contributed by atoms with Gasteiger partial charge in [-0.25, -0.2) is 0 Å². The van der Waals surface area contributed by atoms with E-state index in [1.165, 1.54) is 0 Å². The van der Waals surface area contributed by atoms with E-state index in [9.17, 15) is 9.59 Å². The fourth-order valence-electron chi connectivity index (χ4n) is 2.78. The summed E-state index contributed by atoms with van der Waals surface area (Å²) in [6.07, 6.45) is 1.62. The van der Waals surface area contributed by atoms with E-state index in [1.54, 1.807) is 42.5 Å². The van der Waals surface area contributed by atoms with Crippen LogP contribution in [0.15, 0.2) is 78.5 Å². The summed E-state index contributed by atoms with van der Waals surface area (Å²) < 4.78 is 5.45. The largest absolute Gasteiger partial charge is 0.494 e. The average molecular weight is 435 g/mol. The SMILES string of the molecule is CCOc1ccc(/C=C(/NC(=O)c2ccc(C)cc2)C(=O)Nc2ccc(Cl)cc2)cc1. The van der Waals surface area contributed by atoms with E-state index in [-0.39, 0.29) is 11.6 Å². The summed E-state index contributed by atoms with van der Waals surface area (Å²) in [6, 6.07) is 21.1. The Morgan fingerprint density at radius 3 is 2.19 bits per heavy atom. The molecule has 0 radical (unpaired) electrons. The minimum absolute atomic E-state index is 0.115. The van der Waals surface area contributed by atoms with Gasteiger partial charge in [0.1, 0.15) is 11.4 Å². The minimum Gasteiger partial charge on any atom is -0.494 e. The van der Waals surface area contributed by atoms with E-state index in [4.69, 9.17) is 16.3 Å². The Bertz CT molecular complexity index is 1070. The van der Waals surface area contributed by atoms with Crippen LogP contribution in [0.25, 0.3) is 6.08 Å². The van der Waals surface area contributed by atoms with Crippen molar-refractivity contribution in [2.75, 3.05) is 11.9 Å². The van der Waals surface area contributed by atoms with E-state index < -0.39 is 5.91 Å². The lowest BCUT2D eigenvalue weighted by atomic mass is 10.1. The first kappa shape index (κ1) is 22.1. The number of hydrogen-bond acceptors (Lipinski definition) is 3. The standard InChI is InChI=1S/C25H23ClN2O3/c1-3-31-22-14-6-18(7-15-22)16-23(25(30)27-21-12-10-20(26)11-13-21)28-24(29)19-8-4-17(2)5-9-19/h4-16H,3H2,1-2H3,(H,27,30)(H,28,29)/b23-16+. The normalized spacial score (nSPS) is 11.0. The fourth-order valence-corrected chi connectivity index (χ4v) is 2.91. The molecule has 0 aliphatic heterocycles. The zero-order valence-corrected chi connectivity index (χ0v) is 18.1. The van der Waals surface area contributed by atoms with Crippen LogP contribution in [0.1, 0.15) is 28.4 Å². The van der Waals surface area contributed by atoms with Gasteiger partial charge in [-0.05, 0) is 74.0 Å². The first-order chi connectivity index (χ1) is 14.9. The molecule has 31 heavy (non-hydrogen) atoms. The third-order valence-corrected chi connectivity index (χ3v) is 4.66. The average Bonchev–Trinajstić information content (AvgIpc) is 2.76. The van der Waals surface area contributed by atoms with Crippen molar-refractivity contribution in [1.29, 1.82) is 0 Å². The van der Waals surface area contributed by atoms with Crippen LogP contribution in [-0.2, 0) is 4.79 Å². The van der Waals surface area contributed by atoms with Crippen LogP contribution < -0.4 is 15.4 Å². The molecule has 6 heteroatoms. The van der Waals surface area contributed by atoms with Crippen LogP contribution >= 0.6 is 11.6 Å². The number of halogens is 1. The maximum absolute atomic E-state index is 12.9. The molecule has 0 aromatic heterocycles. The number of carbonyl (C=O) groups is 2. The summed E-state index contributed by atoms with van der Waals surface area (Å²) in [5, 5.41) is 6.07. The summed E-state index contributed by atoms with van der Waals surface area (Å²) >= 11 is 5.91. The smallest absolute Gasteiger partial charge is 0.272 e. The van der Waals surface area contributed by atoms with Crippen LogP contribution in [0.2, 0.25) is 5.02 Å². The molecule has 5 nitrogen and oxygen atoms in total. The molecule has 0 saturated heterocycles. The molecular formula is C25H23ClN2O3. The Kier molecular flexibility index (Phi) is 7.46. The van der Waals surface area contributed by atoms with Crippen molar-refractivity contribution in [2.45, 2.75) is 13.8 Å². The Hall–Kier alpha value is -3.57. The number of anilines is 1. The highest BCUT2D eigenvalue weighted by Gasteiger charge is 2.15. The van der Waals surface area contributed by atoms with E-state index in [0.717, 1.165) is 16.9 Å². The monoisotopic (exact) mass is 434 g/mol. The first-order valence-electron chi connectivity index (χ1n) is 9.84. The molecule has 2 N–H and O–H groups in total. The molecule has 0 aliphatic carbocycles. The van der Waals surface area contributed by atoms with Crippen LogP contribution in [0.4, 0.5) is 5.69 Å². The van der Waals surface area contributed by atoms with Crippen molar-refractivity contribution in [2.24, 2.45) is 0 Å². The lowest BCUT2D eigenvalue weighted by Gasteiger charge is -2.12. The molecule has 0 heterocycles. The Balaban J connectivity index is 1.86. The van der Waals surface area contributed by atoms with Gasteiger partial charge in [-0.15, -0.1) is 0 Å². The zero-order chi connectivity index (χ0) is 22.2. The molecule has 0 spiro atoms. The van der Waals surface area contributed by atoms with Crippen LogP contribution in [0.3, 0.4) is 0 Å². The second-order valence-corrected chi connectivity index (χ2v) is 7.28. The molecule has 0 saturated carbocycles. The van der Waals surface area contributed by atoms with Crippen molar-refractivity contribution in [3.05, 3.63) is 100 Å². The third-order valence-electron chi connectivity index (χ3n) is 4.41. The van der Waals surface area contributed by atoms with E-state index in [1.807, 2.05) is 50.2 Å². The lowest BCUT2D eigenvalue weighted by molar-refractivity contribution is -0.113. The van der Waals surface area contributed by atoms with Gasteiger partial charge in [-0.3, -0.25) is 9.59 Å². The Morgan fingerprint density at radius 1 is 0.935 bits per heavy atom. The summed E-state index contributed by atoms with van der Waals surface area (Å²) in [6.45, 7) is 4.42. The predicted octanol–water partition coefficient (Wildman–Crippen LogP) is 5.46. The number of aryl methyl sites for hydroxylation is 1. The molecule has 3 aromatic carbocycles. The minimum atomic E-state index is -0.448. The van der Waals surface area contributed by atoms with Crippen LogP contribution in [0.5, 0.6) is 5.75 Å². The molecule has 0 unspecified atom stereocenters. The van der Waals surface area contributed by atoms with E-state index >= 15 is 0 Å². The van der Waals surface area contributed by atoms with Gasteiger partial charge in [0.25, 0.3) is 11.8 Å². The first-order valence-corrected chi connectivity index (χ1v) is 10.2. The predicted molar refractivity (Wildman–Crippen MR) is 124 cm³/mol. The molecule has 2 amide bonds. The summed E-state index contributed by atoms with van der Waals surface area (Å²) in [5.74, 6) is -0.0874. The van der Waals surface area contributed by atoms with Gasteiger partial charge in [0.15, 0.2) is 0 Å². The van der Waals surface area contributed by atoms with Crippen molar-refractivity contribution in [1.82, 2.24) is 5.32 Å². The number of amides is 2. The molecule has 158 valence electrons. The molecular weight excluding hydrogens is 412 g/mol. The van der Waals surface area contributed by atoms with Gasteiger partial charge in [0, 0.05) is 16.3 Å². The molecule has 0 fully saturated rings. The number of hydrogen-bond donors (Lipinski definition) is 2. The highest BCUT2D eigenvalue weighted by atomic mass is 35.5. The molecule has 0 aliphatic rings. The van der Waals surface area contributed by atoms with E-state index in [0.29, 0.717) is 22.9 Å². The number of carbonyl (C=O) groups excluding carboxylic acids is 2. The van der Waals surface area contributed by atoms with Gasteiger partial charge >= 0.3 is 0 Å². The molecule has 3 rings (SSSR count). The maximum atomic E-state index is 12.9. The van der Waals surface area contributed by atoms with Crippen molar-refractivity contribution >= 4 is 35.2 Å². The quantitative estimate of drug-likeness (QED) is 0.485. The summed E-state index contributed by atoms with van der Waals surface area (Å²) in [5.41, 5.74) is 2.93. The Labute approximate surface area is 186 Å². The van der Waals surface area contributed by atoms with Gasteiger partial charge in [-0.1, -0.05) is 41.4 Å². The fraction of sp³-hybridized carbons (Fsp3) is 0.120. The number of rotatable bonds is 7. The summed E-state index contributed by atoms with van der Waals surface area (Å²) in [7, 11) is 0. The number of benzene rings is 3. The van der Waals surface area contributed by atoms with Crippen molar-refractivity contribution in [3.63, 3.8) is 0 Å². The lowest BCUT2D eigenvalue weighted by Crippen LogP contribution is -2.30. The highest BCUT2D eigenvalue weighted by Crippen LogP contribution is 2.17. The Morgan fingerprint density at radius 2 is 1.58 bits per heavy atom. The molecule has 3 aromatic rings. The second-order valence-electron chi connectivity index (χ2n) is 6.84. The molecule has 0 atom stereocenters. The van der Waals surface area contributed by atoms with Crippen molar-refractivity contribution < 1.29 is 14.3 Å². The third kappa shape index (κ3) is 6.46. The van der Waals surface area contributed by atoms with Crippen LogP contribution in [-0.4, -0.2) is 18.4 Å². The number of nitrogens with one attached hydrogen (secondary N) is 2. The highest BCUT2D eigenvalue weighted by molar-refractivity contribution is 6.30. The maximum Gasteiger partial charge on any atom is 0.272 e. The second kappa shape index (κ2) is 10.5. The van der Waals surface area contributed by atoms with Crippen molar-refractivity contribution in [3.8, 4) is 5.75 Å². The van der Waals surface area contributed by atoms with Gasteiger partial charge in [0.05, 0.1) is 6.61 Å². The van der Waals surface area contributed by atoms with Gasteiger partial charge in [0.2, 0.25) is 0 Å². The summed E-state index contributed by atoms with van der Waals surface area (Å²) in [4.78, 5) is 25.7. The van der Waals surface area contributed by atoms with Gasteiger partial charge in [-0.2, -0.15) is 0 Å². The van der Waals surface area contributed by atoms with Gasteiger partial charge < -0.3 is 15.4 Å². The van der Waals surface area contributed by atoms with Crippen LogP contribution in [0, 0.1) is 6.92 Å². The zero-order valence-electron chi connectivity index (χ0n) is 17.3.